The van der Waals surface area contributed by atoms with Gasteiger partial charge in [-0.15, -0.1) is 0 Å². The Kier molecular flexibility index (Phi) is 4.72. The van der Waals surface area contributed by atoms with Crippen molar-refractivity contribution in [3.8, 4) is 11.5 Å². The van der Waals surface area contributed by atoms with E-state index in [2.05, 4.69) is 65.8 Å². The molecule has 0 aliphatic rings. The highest BCUT2D eigenvalue weighted by Crippen LogP contribution is 2.33. The molecule has 0 aromatic heterocycles. The van der Waals surface area contributed by atoms with E-state index in [0.717, 1.165) is 24.3 Å². The van der Waals surface area contributed by atoms with Gasteiger partial charge in [0.15, 0.2) is 0 Å². The lowest BCUT2D eigenvalue weighted by Gasteiger charge is -2.17. The highest BCUT2D eigenvalue weighted by Gasteiger charge is 2.12. The molecule has 0 saturated carbocycles. The van der Waals surface area contributed by atoms with Gasteiger partial charge < -0.3 is 4.74 Å². The molecule has 1 heteroatoms. The summed E-state index contributed by atoms with van der Waals surface area (Å²) in [6.07, 6.45) is 1.99. The summed E-state index contributed by atoms with van der Waals surface area (Å²) in [5.41, 5.74) is 7.75. The van der Waals surface area contributed by atoms with Gasteiger partial charge in [-0.25, -0.2) is 0 Å². The summed E-state index contributed by atoms with van der Waals surface area (Å²) in [6.45, 7) is 13.0. The Morgan fingerprint density at radius 1 is 0.667 bits per heavy atom. The highest BCUT2D eigenvalue weighted by atomic mass is 16.5. The van der Waals surface area contributed by atoms with Crippen LogP contribution in [0.1, 0.15) is 47.2 Å². The highest BCUT2D eigenvalue weighted by molar-refractivity contribution is 5.49. The van der Waals surface area contributed by atoms with Crippen LogP contribution in [0.5, 0.6) is 11.5 Å². The van der Waals surface area contributed by atoms with Crippen LogP contribution in [0, 0.1) is 27.7 Å². The molecule has 0 bridgehead atoms. The Morgan fingerprint density at radius 3 is 1.38 bits per heavy atom. The van der Waals surface area contributed by atoms with Gasteiger partial charge in [0.1, 0.15) is 11.5 Å². The molecule has 1 nitrogen and oxygen atoms in total. The molecule has 0 heterocycles. The summed E-state index contributed by atoms with van der Waals surface area (Å²) < 4.78 is 6.35. The van der Waals surface area contributed by atoms with Crippen LogP contribution in [0.25, 0.3) is 0 Å². The monoisotopic (exact) mass is 282 g/mol. The van der Waals surface area contributed by atoms with Crippen LogP contribution in [0.3, 0.4) is 0 Å². The van der Waals surface area contributed by atoms with Crippen molar-refractivity contribution in [1.82, 2.24) is 0 Å². The van der Waals surface area contributed by atoms with E-state index in [1.165, 1.54) is 33.4 Å². The van der Waals surface area contributed by atoms with Crippen molar-refractivity contribution in [2.75, 3.05) is 0 Å². The van der Waals surface area contributed by atoms with E-state index in [9.17, 15) is 0 Å². The predicted molar refractivity (Wildman–Crippen MR) is 90.7 cm³/mol. The maximum Gasteiger partial charge on any atom is 0.131 e. The molecule has 0 atom stereocenters. The largest absolute Gasteiger partial charge is 0.457 e. The van der Waals surface area contributed by atoms with Crippen LogP contribution >= 0.6 is 0 Å². The maximum absolute atomic E-state index is 6.35. The van der Waals surface area contributed by atoms with Crippen molar-refractivity contribution in [2.24, 2.45) is 0 Å². The zero-order chi connectivity index (χ0) is 15.6. The van der Waals surface area contributed by atoms with Gasteiger partial charge in [0.25, 0.3) is 0 Å². The van der Waals surface area contributed by atoms with Crippen molar-refractivity contribution in [3.05, 3.63) is 57.6 Å². The normalized spacial score (nSPS) is 10.8. The molecule has 112 valence electrons. The SMILES string of the molecule is CCc1c(C)cc(C)cc1Oc1cc(C)cc(C)c1CC. The third-order valence-electron chi connectivity index (χ3n) is 4.08. The minimum Gasteiger partial charge on any atom is -0.457 e. The molecule has 0 aliphatic carbocycles. The molecule has 0 spiro atoms. The standard InChI is InChI=1S/C20H26O/c1-7-17-15(5)9-13(3)11-19(17)21-20-12-14(4)10-16(6)18(20)8-2/h9-12H,7-8H2,1-6H3. The quantitative estimate of drug-likeness (QED) is 0.684. The Bertz CT molecular complexity index is 596. The van der Waals surface area contributed by atoms with Crippen LogP contribution in [0.2, 0.25) is 0 Å². The molecule has 2 aromatic carbocycles. The lowest BCUT2D eigenvalue weighted by Crippen LogP contribution is -1.99. The third kappa shape index (κ3) is 3.29. The summed E-state index contributed by atoms with van der Waals surface area (Å²) >= 11 is 0. The summed E-state index contributed by atoms with van der Waals surface area (Å²) in [6, 6.07) is 8.77. The smallest absolute Gasteiger partial charge is 0.131 e. The first-order valence-corrected chi connectivity index (χ1v) is 7.84. The maximum atomic E-state index is 6.35. The number of benzene rings is 2. The number of hydrogen-bond donors (Lipinski definition) is 0. The van der Waals surface area contributed by atoms with E-state index in [1.54, 1.807) is 0 Å². The van der Waals surface area contributed by atoms with E-state index in [1.807, 2.05) is 0 Å². The first kappa shape index (κ1) is 15.6. The zero-order valence-electron chi connectivity index (χ0n) is 14.1. The van der Waals surface area contributed by atoms with Crippen molar-refractivity contribution >= 4 is 0 Å². The fourth-order valence-corrected chi connectivity index (χ4v) is 3.12. The molecule has 2 aromatic rings. The second-order valence-electron chi connectivity index (χ2n) is 5.93. The molecule has 0 fully saturated rings. The van der Waals surface area contributed by atoms with Crippen LogP contribution < -0.4 is 4.74 Å². The van der Waals surface area contributed by atoms with Crippen LogP contribution in [0.15, 0.2) is 24.3 Å². The Labute approximate surface area is 129 Å². The van der Waals surface area contributed by atoms with Gasteiger partial charge in [-0.2, -0.15) is 0 Å². The topological polar surface area (TPSA) is 9.23 Å². The predicted octanol–water partition coefficient (Wildman–Crippen LogP) is 5.84. The molecule has 21 heavy (non-hydrogen) atoms. The van der Waals surface area contributed by atoms with E-state index in [0.29, 0.717) is 0 Å². The summed E-state index contributed by atoms with van der Waals surface area (Å²) in [4.78, 5) is 0. The average Bonchev–Trinajstić information content (AvgIpc) is 2.37. The first-order chi connectivity index (χ1) is 9.96. The van der Waals surface area contributed by atoms with E-state index < -0.39 is 0 Å². The van der Waals surface area contributed by atoms with Crippen LogP contribution in [-0.4, -0.2) is 0 Å². The van der Waals surface area contributed by atoms with Gasteiger partial charge >= 0.3 is 0 Å². The molecule has 0 saturated heterocycles. The third-order valence-corrected chi connectivity index (χ3v) is 4.08. The number of aryl methyl sites for hydroxylation is 4. The Morgan fingerprint density at radius 2 is 1.05 bits per heavy atom. The number of ether oxygens (including phenoxy) is 1. The van der Waals surface area contributed by atoms with Gasteiger partial charge in [-0.1, -0.05) is 26.0 Å². The molecule has 0 amide bonds. The van der Waals surface area contributed by atoms with E-state index in [-0.39, 0.29) is 0 Å². The zero-order valence-corrected chi connectivity index (χ0v) is 14.1. The molecular weight excluding hydrogens is 256 g/mol. The van der Waals surface area contributed by atoms with Gasteiger partial charge in [0.2, 0.25) is 0 Å². The Hall–Kier alpha value is -1.76. The number of rotatable bonds is 4. The lowest BCUT2D eigenvalue weighted by molar-refractivity contribution is 0.469. The van der Waals surface area contributed by atoms with Gasteiger partial charge in [-0.3, -0.25) is 0 Å². The van der Waals surface area contributed by atoms with Crippen LogP contribution in [-0.2, 0) is 12.8 Å². The van der Waals surface area contributed by atoms with E-state index >= 15 is 0 Å². The molecule has 0 N–H and O–H groups in total. The molecule has 0 aliphatic heterocycles. The molecule has 0 unspecified atom stereocenters. The molecule has 0 radical (unpaired) electrons. The summed E-state index contributed by atoms with van der Waals surface area (Å²) in [5.74, 6) is 2.02. The van der Waals surface area contributed by atoms with Gasteiger partial charge in [0.05, 0.1) is 0 Å². The van der Waals surface area contributed by atoms with Gasteiger partial charge in [0, 0.05) is 0 Å². The minimum atomic E-state index is 0.994. The van der Waals surface area contributed by atoms with Crippen molar-refractivity contribution in [1.29, 1.82) is 0 Å². The second-order valence-corrected chi connectivity index (χ2v) is 5.93. The van der Waals surface area contributed by atoms with Crippen molar-refractivity contribution in [2.45, 2.75) is 54.4 Å². The molecule has 2 rings (SSSR count). The fourth-order valence-electron chi connectivity index (χ4n) is 3.12. The number of hydrogen-bond acceptors (Lipinski definition) is 1. The van der Waals surface area contributed by atoms with Gasteiger partial charge in [-0.05, 0) is 86.1 Å². The summed E-state index contributed by atoms with van der Waals surface area (Å²) in [7, 11) is 0. The van der Waals surface area contributed by atoms with E-state index in [4.69, 9.17) is 4.74 Å². The first-order valence-electron chi connectivity index (χ1n) is 7.84. The second kappa shape index (κ2) is 6.34. The average molecular weight is 282 g/mol. The van der Waals surface area contributed by atoms with Crippen LogP contribution in [0.4, 0.5) is 0 Å². The van der Waals surface area contributed by atoms with Crippen molar-refractivity contribution < 1.29 is 4.74 Å². The minimum absolute atomic E-state index is 0.994. The Balaban J connectivity index is 2.52. The lowest BCUT2D eigenvalue weighted by atomic mass is 10.0. The molecular formula is C20H26O. The van der Waals surface area contributed by atoms with Crippen molar-refractivity contribution in [3.63, 3.8) is 0 Å². The summed E-state index contributed by atoms with van der Waals surface area (Å²) in [5, 5.41) is 0. The fraction of sp³-hybridized carbons (Fsp3) is 0.400.